The van der Waals surface area contributed by atoms with Crippen LogP contribution in [0.15, 0.2) is 71.3 Å². The number of benzene rings is 2. The van der Waals surface area contributed by atoms with E-state index < -0.39 is 5.60 Å². The third kappa shape index (κ3) is 2.86. The highest BCUT2D eigenvalue weighted by molar-refractivity contribution is 5.43. The quantitative estimate of drug-likeness (QED) is 0.780. The second-order valence-electron chi connectivity index (χ2n) is 6.20. The van der Waals surface area contributed by atoms with Gasteiger partial charge in [-0.3, -0.25) is 0 Å². The van der Waals surface area contributed by atoms with Gasteiger partial charge in [0.25, 0.3) is 0 Å². The first-order chi connectivity index (χ1) is 11.5. The molecule has 124 valence electrons. The van der Waals surface area contributed by atoms with E-state index in [4.69, 9.17) is 4.52 Å². The molecule has 0 fully saturated rings. The minimum absolute atomic E-state index is 0.0956. The van der Waals surface area contributed by atoms with Gasteiger partial charge in [-0.05, 0) is 32.1 Å². The molecule has 2 aromatic carbocycles. The summed E-state index contributed by atoms with van der Waals surface area (Å²) in [6.45, 7) is 2.05. The van der Waals surface area contributed by atoms with Gasteiger partial charge in [-0.25, -0.2) is 0 Å². The fourth-order valence-corrected chi connectivity index (χ4v) is 2.73. The minimum atomic E-state index is -1.38. The Bertz CT molecular complexity index is 742. The van der Waals surface area contributed by atoms with Crippen LogP contribution in [0.3, 0.4) is 0 Å². The van der Waals surface area contributed by atoms with Crippen LogP contribution in [-0.4, -0.2) is 29.3 Å². The van der Waals surface area contributed by atoms with E-state index >= 15 is 0 Å². The van der Waals surface area contributed by atoms with E-state index in [9.17, 15) is 5.11 Å². The summed E-state index contributed by atoms with van der Waals surface area (Å²) >= 11 is 0. The molecule has 0 aliphatic rings. The minimum Gasteiger partial charge on any atom is -0.373 e. The first kappa shape index (κ1) is 16.4. The van der Waals surface area contributed by atoms with Crippen molar-refractivity contribution in [3.8, 4) is 0 Å². The highest BCUT2D eigenvalue weighted by atomic mass is 16.5. The smallest absolute Gasteiger partial charge is 0.177 e. The van der Waals surface area contributed by atoms with Gasteiger partial charge in [0.2, 0.25) is 0 Å². The Hall–Kier alpha value is -2.43. The summed E-state index contributed by atoms with van der Waals surface area (Å²) in [4.78, 5) is 2.05. The zero-order chi connectivity index (χ0) is 17.2. The molecule has 3 aromatic rings. The van der Waals surface area contributed by atoms with Gasteiger partial charge in [-0.1, -0.05) is 65.8 Å². The molecular formula is C20H22N2O2. The number of aliphatic hydroxyl groups is 1. The number of aromatic nitrogens is 1. The third-order valence-corrected chi connectivity index (χ3v) is 4.47. The summed E-state index contributed by atoms with van der Waals surface area (Å²) in [5.41, 5.74) is 0.910. The third-order valence-electron chi connectivity index (χ3n) is 4.47. The van der Waals surface area contributed by atoms with Crippen molar-refractivity contribution >= 4 is 0 Å². The van der Waals surface area contributed by atoms with Gasteiger partial charge in [0, 0.05) is 6.07 Å². The van der Waals surface area contributed by atoms with E-state index in [0.29, 0.717) is 5.76 Å². The molecule has 4 nitrogen and oxygen atoms in total. The Labute approximate surface area is 142 Å². The zero-order valence-corrected chi connectivity index (χ0v) is 14.2. The molecule has 1 heterocycles. The predicted molar refractivity (Wildman–Crippen MR) is 93.6 cm³/mol. The molecule has 0 saturated heterocycles. The molecule has 0 saturated carbocycles. The topological polar surface area (TPSA) is 49.5 Å². The van der Waals surface area contributed by atoms with Crippen LogP contribution >= 0.6 is 0 Å². The first-order valence-corrected chi connectivity index (χ1v) is 8.00. The summed E-state index contributed by atoms with van der Waals surface area (Å²) in [6, 6.07) is 21.0. The number of rotatable bonds is 5. The van der Waals surface area contributed by atoms with Crippen molar-refractivity contribution in [1.29, 1.82) is 0 Å². The van der Waals surface area contributed by atoms with Crippen LogP contribution in [0.25, 0.3) is 0 Å². The maximum absolute atomic E-state index is 11.6. The van der Waals surface area contributed by atoms with E-state index in [-0.39, 0.29) is 6.04 Å². The van der Waals surface area contributed by atoms with Crippen molar-refractivity contribution in [3.63, 3.8) is 0 Å². The summed E-state index contributed by atoms with van der Waals surface area (Å²) < 4.78 is 5.58. The molecule has 1 aromatic heterocycles. The van der Waals surface area contributed by atoms with Crippen LogP contribution in [0, 0.1) is 0 Å². The lowest BCUT2D eigenvalue weighted by atomic mass is 9.84. The van der Waals surface area contributed by atoms with Crippen molar-refractivity contribution in [2.45, 2.75) is 18.6 Å². The van der Waals surface area contributed by atoms with Crippen LogP contribution in [0.2, 0.25) is 0 Å². The molecule has 0 aliphatic carbocycles. The van der Waals surface area contributed by atoms with Gasteiger partial charge in [-0.15, -0.1) is 0 Å². The van der Waals surface area contributed by atoms with Crippen molar-refractivity contribution in [3.05, 3.63) is 89.3 Å². The summed E-state index contributed by atoms with van der Waals surface area (Å²) in [7, 11) is 3.97. The van der Waals surface area contributed by atoms with Gasteiger partial charge < -0.3 is 14.5 Å². The fourth-order valence-electron chi connectivity index (χ4n) is 2.73. The molecular weight excluding hydrogens is 300 g/mol. The normalized spacial score (nSPS) is 13.2. The maximum Gasteiger partial charge on any atom is 0.177 e. The van der Waals surface area contributed by atoms with Crippen molar-refractivity contribution in [2.75, 3.05) is 14.1 Å². The van der Waals surface area contributed by atoms with Gasteiger partial charge >= 0.3 is 0 Å². The molecule has 0 aliphatic heterocycles. The highest BCUT2D eigenvalue weighted by Gasteiger charge is 2.38. The molecule has 1 unspecified atom stereocenters. The van der Waals surface area contributed by atoms with Crippen LogP contribution < -0.4 is 0 Å². The van der Waals surface area contributed by atoms with Crippen molar-refractivity contribution in [2.24, 2.45) is 0 Å². The molecule has 0 spiro atoms. The molecule has 3 rings (SSSR count). The molecule has 0 bridgehead atoms. The van der Waals surface area contributed by atoms with Gasteiger partial charge in [0.05, 0.1) is 6.04 Å². The SMILES string of the molecule is CC(c1cc(C(O)(c2ccccc2)c2ccccc2)on1)N(C)C. The largest absolute Gasteiger partial charge is 0.373 e. The monoisotopic (exact) mass is 322 g/mol. The molecule has 24 heavy (non-hydrogen) atoms. The second kappa shape index (κ2) is 6.59. The van der Waals surface area contributed by atoms with E-state index in [2.05, 4.69) is 5.16 Å². The molecule has 4 heteroatoms. The van der Waals surface area contributed by atoms with Crippen LogP contribution in [0.1, 0.15) is 35.5 Å². The van der Waals surface area contributed by atoms with E-state index in [1.807, 2.05) is 92.6 Å². The fraction of sp³-hybridized carbons (Fsp3) is 0.250. The lowest BCUT2D eigenvalue weighted by Gasteiger charge is -2.26. The molecule has 1 N–H and O–H groups in total. The Morgan fingerprint density at radius 2 is 1.46 bits per heavy atom. The number of nitrogens with zero attached hydrogens (tertiary/aromatic N) is 2. The van der Waals surface area contributed by atoms with Gasteiger partial charge in [0.1, 0.15) is 5.69 Å². The first-order valence-electron chi connectivity index (χ1n) is 8.00. The summed E-state index contributed by atoms with van der Waals surface area (Å²) in [6.07, 6.45) is 0. The van der Waals surface area contributed by atoms with Gasteiger partial charge in [-0.2, -0.15) is 0 Å². The summed E-state index contributed by atoms with van der Waals surface area (Å²) in [5, 5.41) is 15.8. The predicted octanol–water partition coefficient (Wildman–Crippen LogP) is 3.58. The van der Waals surface area contributed by atoms with E-state index in [1.165, 1.54) is 0 Å². The lowest BCUT2D eigenvalue weighted by Crippen LogP contribution is -2.28. The highest BCUT2D eigenvalue weighted by Crippen LogP contribution is 2.37. The maximum atomic E-state index is 11.6. The van der Waals surface area contributed by atoms with Crippen molar-refractivity contribution in [1.82, 2.24) is 10.1 Å². The number of hydrogen-bond acceptors (Lipinski definition) is 4. The zero-order valence-electron chi connectivity index (χ0n) is 14.2. The van der Waals surface area contributed by atoms with E-state index in [0.717, 1.165) is 16.8 Å². The van der Waals surface area contributed by atoms with E-state index in [1.54, 1.807) is 0 Å². The Balaban J connectivity index is 2.13. The standard InChI is InChI=1S/C20H22N2O2/c1-15(22(2)3)18-14-19(24-21-18)20(23,16-10-6-4-7-11-16)17-12-8-5-9-13-17/h4-15,23H,1-3H3. The Morgan fingerprint density at radius 3 is 1.92 bits per heavy atom. The van der Waals surface area contributed by atoms with Crippen LogP contribution in [-0.2, 0) is 5.60 Å². The Morgan fingerprint density at radius 1 is 0.958 bits per heavy atom. The van der Waals surface area contributed by atoms with Crippen LogP contribution in [0.5, 0.6) is 0 Å². The average Bonchev–Trinajstić information content (AvgIpc) is 3.12. The van der Waals surface area contributed by atoms with Crippen LogP contribution in [0.4, 0.5) is 0 Å². The van der Waals surface area contributed by atoms with Gasteiger partial charge in [0.15, 0.2) is 11.4 Å². The van der Waals surface area contributed by atoms with Crippen molar-refractivity contribution < 1.29 is 9.63 Å². The number of hydrogen-bond donors (Lipinski definition) is 1. The molecule has 0 amide bonds. The second-order valence-corrected chi connectivity index (χ2v) is 6.20. The molecule has 1 atom stereocenters. The summed E-state index contributed by atoms with van der Waals surface area (Å²) in [5.74, 6) is 0.420. The Kier molecular flexibility index (Phi) is 4.51. The lowest BCUT2D eigenvalue weighted by molar-refractivity contribution is 0.0905. The average molecular weight is 322 g/mol. The molecule has 0 radical (unpaired) electrons.